The van der Waals surface area contributed by atoms with Gasteiger partial charge in [0.25, 0.3) is 0 Å². The summed E-state index contributed by atoms with van der Waals surface area (Å²) in [4.78, 5) is 13.9. The fraction of sp³-hybridized carbons (Fsp3) is 0.188. The summed E-state index contributed by atoms with van der Waals surface area (Å²) in [7, 11) is 0. The van der Waals surface area contributed by atoms with Crippen molar-refractivity contribution in [1.29, 1.82) is 0 Å². The van der Waals surface area contributed by atoms with E-state index < -0.39 is 0 Å². The SMILES string of the molecule is Cc1ccc(CN2C(=O)Cc3cccc(N)c32)cc1. The number of hydrogen-bond donors (Lipinski definition) is 1. The molecular formula is C16H16N2O. The van der Waals surface area contributed by atoms with Crippen molar-refractivity contribution in [2.75, 3.05) is 10.6 Å². The minimum atomic E-state index is 0.119. The minimum absolute atomic E-state index is 0.119. The fourth-order valence-corrected chi connectivity index (χ4v) is 2.51. The number of para-hydroxylation sites is 1. The van der Waals surface area contributed by atoms with Gasteiger partial charge in [0, 0.05) is 0 Å². The Hall–Kier alpha value is -2.29. The molecule has 2 N–H and O–H groups in total. The molecular weight excluding hydrogens is 236 g/mol. The predicted octanol–water partition coefficient (Wildman–Crippen LogP) is 2.67. The monoisotopic (exact) mass is 252 g/mol. The van der Waals surface area contributed by atoms with Crippen molar-refractivity contribution < 1.29 is 4.79 Å². The molecule has 1 amide bonds. The Bertz CT molecular complexity index is 632. The quantitative estimate of drug-likeness (QED) is 0.835. The number of anilines is 2. The molecule has 0 aliphatic carbocycles. The van der Waals surface area contributed by atoms with Crippen LogP contribution in [0.1, 0.15) is 16.7 Å². The summed E-state index contributed by atoms with van der Waals surface area (Å²) in [6.07, 6.45) is 0.451. The van der Waals surface area contributed by atoms with Crippen molar-refractivity contribution in [1.82, 2.24) is 0 Å². The number of rotatable bonds is 2. The highest BCUT2D eigenvalue weighted by Gasteiger charge is 2.28. The Kier molecular flexibility index (Phi) is 2.75. The summed E-state index contributed by atoms with van der Waals surface area (Å²) in [5.41, 5.74) is 10.9. The predicted molar refractivity (Wildman–Crippen MR) is 76.9 cm³/mol. The van der Waals surface area contributed by atoms with Gasteiger partial charge in [-0.05, 0) is 24.1 Å². The number of carbonyl (C=O) groups excluding carboxylic acids is 1. The Morgan fingerprint density at radius 1 is 1.16 bits per heavy atom. The van der Waals surface area contributed by atoms with Crippen molar-refractivity contribution in [2.45, 2.75) is 19.9 Å². The smallest absolute Gasteiger partial charge is 0.231 e. The molecule has 0 saturated heterocycles. The average molecular weight is 252 g/mol. The van der Waals surface area contributed by atoms with Crippen molar-refractivity contribution in [3.8, 4) is 0 Å². The number of amides is 1. The van der Waals surface area contributed by atoms with Crippen molar-refractivity contribution in [3.63, 3.8) is 0 Å². The van der Waals surface area contributed by atoms with Gasteiger partial charge >= 0.3 is 0 Å². The van der Waals surface area contributed by atoms with Crippen LogP contribution in [0.3, 0.4) is 0 Å². The number of benzene rings is 2. The molecule has 19 heavy (non-hydrogen) atoms. The van der Waals surface area contributed by atoms with Gasteiger partial charge < -0.3 is 10.6 Å². The Morgan fingerprint density at radius 2 is 1.89 bits per heavy atom. The van der Waals surface area contributed by atoms with E-state index in [1.807, 2.05) is 18.2 Å². The molecule has 0 spiro atoms. The van der Waals surface area contributed by atoms with E-state index in [0.717, 1.165) is 16.8 Å². The van der Waals surface area contributed by atoms with Gasteiger partial charge in [-0.3, -0.25) is 4.79 Å². The normalized spacial score (nSPS) is 13.7. The van der Waals surface area contributed by atoms with E-state index in [2.05, 4.69) is 31.2 Å². The van der Waals surface area contributed by atoms with E-state index in [1.165, 1.54) is 5.56 Å². The highest BCUT2D eigenvalue weighted by molar-refractivity contribution is 6.04. The van der Waals surface area contributed by atoms with Gasteiger partial charge in [-0.25, -0.2) is 0 Å². The maximum atomic E-state index is 12.1. The van der Waals surface area contributed by atoms with Gasteiger partial charge in [-0.2, -0.15) is 0 Å². The molecule has 0 bridgehead atoms. The van der Waals surface area contributed by atoms with Crippen LogP contribution in [-0.2, 0) is 17.8 Å². The molecule has 3 heteroatoms. The van der Waals surface area contributed by atoms with Crippen molar-refractivity contribution in [3.05, 3.63) is 59.2 Å². The topological polar surface area (TPSA) is 46.3 Å². The second-order valence-corrected chi connectivity index (χ2v) is 5.00. The lowest BCUT2D eigenvalue weighted by Gasteiger charge is -2.19. The summed E-state index contributed by atoms with van der Waals surface area (Å²) >= 11 is 0. The van der Waals surface area contributed by atoms with Crippen LogP contribution < -0.4 is 10.6 Å². The zero-order chi connectivity index (χ0) is 13.4. The third-order valence-corrected chi connectivity index (χ3v) is 3.52. The van der Waals surface area contributed by atoms with E-state index in [4.69, 9.17) is 5.73 Å². The molecule has 3 nitrogen and oxygen atoms in total. The number of nitrogens with two attached hydrogens (primary N) is 1. The van der Waals surface area contributed by atoms with Crippen LogP contribution in [0, 0.1) is 6.92 Å². The number of aryl methyl sites for hydroxylation is 1. The standard InChI is InChI=1S/C16H16N2O/c1-11-5-7-12(8-6-11)10-18-15(19)9-13-3-2-4-14(17)16(13)18/h2-8H,9-10,17H2,1H3. The first-order valence-corrected chi connectivity index (χ1v) is 6.38. The lowest BCUT2D eigenvalue weighted by atomic mass is 10.1. The maximum Gasteiger partial charge on any atom is 0.231 e. The van der Waals surface area contributed by atoms with Crippen LogP contribution in [0.4, 0.5) is 11.4 Å². The van der Waals surface area contributed by atoms with E-state index in [-0.39, 0.29) is 5.91 Å². The van der Waals surface area contributed by atoms with Crippen LogP contribution in [0.25, 0.3) is 0 Å². The third kappa shape index (κ3) is 2.08. The summed E-state index contributed by atoms with van der Waals surface area (Å²) < 4.78 is 0. The summed E-state index contributed by atoms with van der Waals surface area (Å²) in [5, 5.41) is 0. The molecule has 0 atom stereocenters. The number of nitrogens with zero attached hydrogens (tertiary/aromatic N) is 1. The van der Waals surface area contributed by atoms with Gasteiger partial charge in [-0.15, -0.1) is 0 Å². The molecule has 96 valence electrons. The molecule has 3 rings (SSSR count). The lowest BCUT2D eigenvalue weighted by Crippen LogP contribution is -2.26. The van der Waals surface area contributed by atoms with Crippen LogP contribution in [0.5, 0.6) is 0 Å². The zero-order valence-corrected chi connectivity index (χ0v) is 10.9. The second-order valence-electron chi connectivity index (χ2n) is 5.00. The van der Waals surface area contributed by atoms with Gasteiger partial charge in [0.1, 0.15) is 0 Å². The van der Waals surface area contributed by atoms with Gasteiger partial charge in [0.05, 0.1) is 24.3 Å². The molecule has 1 aliphatic heterocycles. The van der Waals surface area contributed by atoms with Crippen LogP contribution >= 0.6 is 0 Å². The van der Waals surface area contributed by atoms with E-state index in [0.29, 0.717) is 18.7 Å². The van der Waals surface area contributed by atoms with E-state index in [1.54, 1.807) is 4.90 Å². The van der Waals surface area contributed by atoms with Crippen LogP contribution in [0.2, 0.25) is 0 Å². The molecule has 2 aromatic carbocycles. The summed E-state index contributed by atoms with van der Waals surface area (Å²) in [6, 6.07) is 13.9. The van der Waals surface area contributed by atoms with Crippen LogP contribution in [0.15, 0.2) is 42.5 Å². The molecule has 0 saturated carbocycles. The third-order valence-electron chi connectivity index (χ3n) is 3.52. The maximum absolute atomic E-state index is 12.1. The first-order valence-electron chi connectivity index (χ1n) is 6.38. The van der Waals surface area contributed by atoms with Crippen LogP contribution in [-0.4, -0.2) is 5.91 Å². The molecule has 0 radical (unpaired) electrons. The molecule has 0 aromatic heterocycles. The molecule has 0 fully saturated rings. The summed E-state index contributed by atoms with van der Waals surface area (Å²) in [6.45, 7) is 2.64. The molecule has 1 aliphatic rings. The van der Waals surface area contributed by atoms with Gasteiger partial charge in [-0.1, -0.05) is 42.0 Å². The van der Waals surface area contributed by atoms with Gasteiger partial charge in [0.2, 0.25) is 5.91 Å². The largest absolute Gasteiger partial charge is 0.397 e. The fourth-order valence-electron chi connectivity index (χ4n) is 2.51. The van der Waals surface area contributed by atoms with Crippen molar-refractivity contribution in [2.24, 2.45) is 0 Å². The minimum Gasteiger partial charge on any atom is -0.397 e. The van der Waals surface area contributed by atoms with Gasteiger partial charge in [0.15, 0.2) is 0 Å². The van der Waals surface area contributed by atoms with E-state index in [9.17, 15) is 4.79 Å². The summed E-state index contributed by atoms with van der Waals surface area (Å²) in [5.74, 6) is 0.119. The Labute approximate surface area is 112 Å². The van der Waals surface area contributed by atoms with E-state index >= 15 is 0 Å². The number of carbonyl (C=O) groups is 1. The molecule has 1 heterocycles. The average Bonchev–Trinajstić information content (AvgIpc) is 2.70. The highest BCUT2D eigenvalue weighted by atomic mass is 16.2. The first kappa shape index (κ1) is 11.8. The second kappa shape index (κ2) is 4.43. The Balaban J connectivity index is 1.94. The zero-order valence-electron chi connectivity index (χ0n) is 10.9. The number of hydrogen-bond acceptors (Lipinski definition) is 2. The molecule has 0 unspecified atom stereocenters. The molecule has 2 aromatic rings. The first-order chi connectivity index (χ1) is 9.15. The Morgan fingerprint density at radius 3 is 2.63 bits per heavy atom. The van der Waals surface area contributed by atoms with Crippen molar-refractivity contribution >= 4 is 17.3 Å². The highest BCUT2D eigenvalue weighted by Crippen LogP contribution is 2.35. The lowest BCUT2D eigenvalue weighted by molar-refractivity contribution is -0.117. The number of nitrogen functional groups attached to an aromatic ring is 1. The number of fused-ring (bicyclic) bond motifs is 1.